The smallest absolute Gasteiger partial charge is 0.257 e. The van der Waals surface area contributed by atoms with E-state index in [1.807, 2.05) is 37.3 Å². The van der Waals surface area contributed by atoms with Gasteiger partial charge >= 0.3 is 0 Å². The van der Waals surface area contributed by atoms with Crippen LogP contribution in [0.4, 0.5) is 0 Å². The number of aromatic nitrogens is 3. The minimum Gasteiger partial charge on any atom is -0.364 e. The van der Waals surface area contributed by atoms with Crippen molar-refractivity contribution < 1.29 is 17.5 Å². The van der Waals surface area contributed by atoms with E-state index in [0.717, 1.165) is 5.56 Å². The van der Waals surface area contributed by atoms with Gasteiger partial charge in [-0.2, -0.15) is 9.29 Å². The van der Waals surface area contributed by atoms with Crippen LogP contribution in [-0.2, 0) is 15.8 Å². The topological polar surface area (TPSA) is 106 Å². The molecule has 1 fully saturated rings. The molecule has 0 aliphatic carbocycles. The maximum Gasteiger partial charge on any atom is 0.257 e. The van der Waals surface area contributed by atoms with E-state index in [4.69, 9.17) is 9.05 Å². The van der Waals surface area contributed by atoms with Crippen molar-refractivity contribution in [1.29, 1.82) is 0 Å². The number of hydrogen-bond donors (Lipinski definition) is 0. The lowest BCUT2D eigenvalue weighted by Crippen LogP contribution is -2.49. The first-order chi connectivity index (χ1) is 13.5. The molecule has 1 aliphatic rings. The molecule has 0 radical (unpaired) electrons. The summed E-state index contributed by atoms with van der Waals surface area (Å²) >= 11 is 0. The van der Waals surface area contributed by atoms with Gasteiger partial charge in [0.1, 0.15) is 12.0 Å². The minimum atomic E-state index is -3.42. The van der Waals surface area contributed by atoms with Crippen molar-refractivity contribution in [3.05, 3.63) is 54.2 Å². The highest BCUT2D eigenvalue weighted by Crippen LogP contribution is 2.24. The van der Waals surface area contributed by atoms with Crippen LogP contribution in [0.1, 0.15) is 24.5 Å². The van der Waals surface area contributed by atoms with E-state index in [9.17, 15) is 8.42 Å². The monoisotopic (exact) mass is 403 g/mol. The lowest BCUT2D eigenvalue weighted by atomic mass is 10.2. The van der Waals surface area contributed by atoms with E-state index in [0.29, 0.717) is 43.6 Å². The fraction of sp³-hybridized carbons (Fsp3) is 0.389. The average molecular weight is 403 g/mol. The fourth-order valence-electron chi connectivity index (χ4n) is 3.23. The Bertz CT molecular complexity index is 996. The Morgan fingerprint density at radius 3 is 2.50 bits per heavy atom. The standard InChI is InChI=1S/C18H21N5O4S/c1-14(17-19-18(27-21-17)15-5-3-2-4-6-15)22-8-10-23(11-9-22)28(24,25)13-16-7-12-26-20-16/h2-7,12,14H,8-11,13H2,1H3/t14-/m1/s1. The SMILES string of the molecule is C[C@H](c1noc(-c2ccccc2)n1)N1CCN(S(=O)(=O)Cc2ccon2)CC1. The Hall–Kier alpha value is -2.56. The van der Waals surface area contributed by atoms with Crippen LogP contribution < -0.4 is 0 Å². The van der Waals surface area contributed by atoms with Gasteiger partial charge in [0.25, 0.3) is 5.89 Å². The molecule has 2 aromatic heterocycles. The lowest BCUT2D eigenvalue weighted by molar-refractivity contribution is 0.139. The number of benzene rings is 1. The molecule has 28 heavy (non-hydrogen) atoms. The molecule has 1 atom stereocenters. The van der Waals surface area contributed by atoms with E-state index >= 15 is 0 Å². The molecule has 1 aliphatic heterocycles. The first kappa shape index (κ1) is 18.8. The normalized spacial score (nSPS) is 17.6. The Morgan fingerprint density at radius 1 is 1.07 bits per heavy atom. The van der Waals surface area contributed by atoms with E-state index in [-0.39, 0.29) is 11.8 Å². The zero-order valence-electron chi connectivity index (χ0n) is 15.4. The molecule has 10 heteroatoms. The summed E-state index contributed by atoms with van der Waals surface area (Å²) in [5.74, 6) is 0.929. The number of rotatable bonds is 6. The van der Waals surface area contributed by atoms with Crippen LogP contribution in [-0.4, -0.2) is 59.1 Å². The lowest BCUT2D eigenvalue weighted by Gasteiger charge is -2.36. The Labute approximate surface area is 163 Å². The predicted octanol–water partition coefficient (Wildman–Crippen LogP) is 1.93. The summed E-state index contributed by atoms with van der Waals surface area (Å²) in [6.07, 6.45) is 1.37. The summed E-state index contributed by atoms with van der Waals surface area (Å²) in [4.78, 5) is 6.66. The second-order valence-corrected chi connectivity index (χ2v) is 8.65. The van der Waals surface area contributed by atoms with Gasteiger partial charge in [0, 0.05) is 37.8 Å². The summed E-state index contributed by atoms with van der Waals surface area (Å²) in [5.41, 5.74) is 1.29. The van der Waals surface area contributed by atoms with Crippen molar-refractivity contribution in [3.8, 4) is 11.5 Å². The van der Waals surface area contributed by atoms with Gasteiger partial charge in [0.2, 0.25) is 10.0 Å². The van der Waals surface area contributed by atoms with Gasteiger partial charge in [0.15, 0.2) is 5.82 Å². The quantitative estimate of drug-likeness (QED) is 0.615. The molecule has 0 unspecified atom stereocenters. The predicted molar refractivity (Wildman–Crippen MR) is 100 cm³/mol. The summed E-state index contributed by atoms with van der Waals surface area (Å²) in [6.45, 7) is 4.00. The molecule has 4 rings (SSSR count). The number of sulfonamides is 1. The molecule has 0 N–H and O–H groups in total. The van der Waals surface area contributed by atoms with Gasteiger partial charge in [-0.15, -0.1) is 0 Å². The third-order valence-corrected chi connectivity index (χ3v) is 6.68. The van der Waals surface area contributed by atoms with Crippen LogP contribution in [0.25, 0.3) is 11.5 Å². The zero-order chi connectivity index (χ0) is 19.6. The molecule has 3 heterocycles. The van der Waals surface area contributed by atoms with Crippen LogP contribution in [0.3, 0.4) is 0 Å². The molecule has 1 saturated heterocycles. The largest absolute Gasteiger partial charge is 0.364 e. The highest BCUT2D eigenvalue weighted by molar-refractivity contribution is 7.88. The molecule has 9 nitrogen and oxygen atoms in total. The average Bonchev–Trinajstić information content (AvgIpc) is 3.40. The van der Waals surface area contributed by atoms with Gasteiger partial charge in [-0.05, 0) is 19.1 Å². The molecule has 0 amide bonds. The number of piperazine rings is 1. The maximum absolute atomic E-state index is 12.5. The molecular weight excluding hydrogens is 382 g/mol. The molecule has 0 saturated carbocycles. The third-order valence-electron chi connectivity index (χ3n) is 4.87. The van der Waals surface area contributed by atoms with Crippen LogP contribution >= 0.6 is 0 Å². The Morgan fingerprint density at radius 2 is 1.82 bits per heavy atom. The second-order valence-electron chi connectivity index (χ2n) is 6.68. The zero-order valence-corrected chi connectivity index (χ0v) is 16.2. The van der Waals surface area contributed by atoms with Gasteiger partial charge in [-0.3, -0.25) is 4.90 Å². The van der Waals surface area contributed by atoms with Crippen molar-refractivity contribution in [1.82, 2.24) is 24.5 Å². The molecule has 0 spiro atoms. The summed E-state index contributed by atoms with van der Waals surface area (Å²) < 4.78 is 36.7. The fourth-order valence-corrected chi connectivity index (χ4v) is 4.65. The van der Waals surface area contributed by atoms with E-state index in [2.05, 4.69) is 20.2 Å². The molecule has 1 aromatic carbocycles. The van der Waals surface area contributed by atoms with Crippen molar-refractivity contribution in [3.63, 3.8) is 0 Å². The maximum atomic E-state index is 12.5. The van der Waals surface area contributed by atoms with E-state index in [1.165, 1.54) is 10.6 Å². The molecule has 148 valence electrons. The van der Waals surface area contributed by atoms with Crippen molar-refractivity contribution >= 4 is 10.0 Å². The number of nitrogens with zero attached hydrogens (tertiary/aromatic N) is 5. The van der Waals surface area contributed by atoms with Gasteiger partial charge in [-0.1, -0.05) is 28.5 Å². The second kappa shape index (κ2) is 7.82. The van der Waals surface area contributed by atoms with Crippen molar-refractivity contribution in [2.24, 2.45) is 0 Å². The van der Waals surface area contributed by atoms with Gasteiger partial charge in [-0.25, -0.2) is 8.42 Å². The third kappa shape index (κ3) is 3.98. The van der Waals surface area contributed by atoms with Crippen molar-refractivity contribution in [2.75, 3.05) is 26.2 Å². The van der Waals surface area contributed by atoms with Crippen LogP contribution in [0.2, 0.25) is 0 Å². The minimum absolute atomic E-state index is 0.0680. The van der Waals surface area contributed by atoms with Crippen LogP contribution in [0.15, 0.2) is 51.7 Å². The van der Waals surface area contributed by atoms with Crippen molar-refractivity contribution in [2.45, 2.75) is 18.7 Å². The van der Waals surface area contributed by atoms with Crippen LogP contribution in [0, 0.1) is 0 Å². The molecule has 3 aromatic rings. The first-order valence-corrected chi connectivity index (χ1v) is 10.6. The molecular formula is C18H21N5O4S. The van der Waals surface area contributed by atoms with Gasteiger partial charge in [0.05, 0.1) is 11.7 Å². The highest BCUT2D eigenvalue weighted by atomic mass is 32.2. The van der Waals surface area contributed by atoms with Gasteiger partial charge < -0.3 is 9.05 Å². The highest BCUT2D eigenvalue weighted by Gasteiger charge is 2.31. The van der Waals surface area contributed by atoms with Crippen LogP contribution in [0.5, 0.6) is 0 Å². The Balaban J connectivity index is 1.38. The van der Waals surface area contributed by atoms with E-state index < -0.39 is 10.0 Å². The first-order valence-electron chi connectivity index (χ1n) is 9.03. The number of hydrogen-bond acceptors (Lipinski definition) is 8. The Kier molecular flexibility index (Phi) is 5.25. The van der Waals surface area contributed by atoms with E-state index in [1.54, 1.807) is 6.07 Å². The summed E-state index contributed by atoms with van der Waals surface area (Å²) in [7, 11) is -3.42. The summed E-state index contributed by atoms with van der Waals surface area (Å²) in [6, 6.07) is 11.1. The summed E-state index contributed by atoms with van der Waals surface area (Å²) in [5, 5.41) is 7.80. The molecule has 0 bridgehead atoms.